The summed E-state index contributed by atoms with van der Waals surface area (Å²) >= 11 is 0. The molecule has 0 spiro atoms. The van der Waals surface area contributed by atoms with Crippen LogP contribution in [0.15, 0.2) is 48.8 Å². The third-order valence-electron chi connectivity index (χ3n) is 5.30. The zero-order chi connectivity index (χ0) is 20.0. The van der Waals surface area contributed by atoms with Gasteiger partial charge >= 0.3 is 0 Å². The molecule has 2 aromatic rings. The second-order valence-corrected chi connectivity index (χ2v) is 7.23. The number of rotatable bonds is 9. The molecule has 28 heavy (non-hydrogen) atoms. The highest BCUT2D eigenvalue weighted by Crippen LogP contribution is 2.47. The summed E-state index contributed by atoms with van der Waals surface area (Å²) in [4.78, 5) is 31.2. The predicted molar refractivity (Wildman–Crippen MR) is 107 cm³/mol. The Hall–Kier alpha value is -2.89. The van der Waals surface area contributed by atoms with Gasteiger partial charge in [0.25, 0.3) is 0 Å². The van der Waals surface area contributed by atoms with E-state index in [-0.39, 0.29) is 11.8 Å². The van der Waals surface area contributed by atoms with Crippen molar-refractivity contribution in [3.63, 3.8) is 0 Å². The molecule has 1 fully saturated rings. The highest BCUT2D eigenvalue weighted by Gasteiger charge is 2.57. The van der Waals surface area contributed by atoms with Crippen LogP contribution in [0.5, 0.6) is 5.75 Å². The van der Waals surface area contributed by atoms with Crippen molar-refractivity contribution < 1.29 is 14.3 Å². The number of para-hydroxylation sites is 1. The van der Waals surface area contributed by atoms with Gasteiger partial charge in [-0.1, -0.05) is 18.2 Å². The van der Waals surface area contributed by atoms with E-state index in [4.69, 9.17) is 4.74 Å². The first kappa shape index (κ1) is 19.9. The molecule has 1 aromatic heterocycles. The van der Waals surface area contributed by atoms with Crippen molar-refractivity contribution in [1.82, 2.24) is 15.2 Å². The van der Waals surface area contributed by atoms with Crippen LogP contribution in [0.25, 0.3) is 0 Å². The van der Waals surface area contributed by atoms with Gasteiger partial charge in [-0.05, 0) is 55.0 Å². The van der Waals surface area contributed by atoms with Gasteiger partial charge in [-0.25, -0.2) is 0 Å². The molecule has 6 heteroatoms. The van der Waals surface area contributed by atoms with Crippen LogP contribution in [0, 0.1) is 5.41 Å². The molecule has 2 amide bonds. The maximum absolute atomic E-state index is 12.9. The van der Waals surface area contributed by atoms with Gasteiger partial charge in [0.05, 0.1) is 7.11 Å². The number of carbonyl (C=O) groups excluding carboxylic acids is 2. The highest BCUT2D eigenvalue weighted by atomic mass is 16.5. The van der Waals surface area contributed by atoms with E-state index in [1.54, 1.807) is 31.5 Å². The second kappa shape index (κ2) is 8.87. The van der Waals surface area contributed by atoms with Crippen molar-refractivity contribution in [2.45, 2.75) is 25.7 Å². The molecule has 148 valence electrons. The fraction of sp³-hybridized carbons (Fsp3) is 0.409. The number of hydrogen-bond acceptors (Lipinski definition) is 4. The van der Waals surface area contributed by atoms with Crippen LogP contribution in [0.2, 0.25) is 0 Å². The van der Waals surface area contributed by atoms with E-state index in [9.17, 15) is 9.59 Å². The fourth-order valence-corrected chi connectivity index (χ4v) is 3.37. The first-order chi connectivity index (χ1) is 13.6. The Morgan fingerprint density at radius 3 is 2.54 bits per heavy atom. The monoisotopic (exact) mass is 381 g/mol. The first-order valence-electron chi connectivity index (χ1n) is 9.61. The van der Waals surface area contributed by atoms with Crippen LogP contribution in [0.1, 0.15) is 24.0 Å². The highest BCUT2D eigenvalue weighted by molar-refractivity contribution is 6.07. The SMILES string of the molecule is COc1ccccc1CCNC(=O)C1(C(=O)N(C)CCc2ccncc2)CC1. The molecule has 6 nitrogen and oxygen atoms in total. The standard InChI is InChI=1S/C22H27N3O3/c1-25(16-10-17-7-13-23-14-8-17)21(27)22(11-12-22)20(26)24-15-9-18-5-3-4-6-19(18)28-2/h3-8,13-14H,9-12,15-16H2,1-2H3,(H,24,26). The molecule has 0 atom stereocenters. The molecule has 0 unspecified atom stereocenters. The Bertz CT molecular complexity index is 819. The maximum Gasteiger partial charge on any atom is 0.238 e. The molecule has 1 heterocycles. The molecule has 1 aliphatic rings. The summed E-state index contributed by atoms with van der Waals surface area (Å²) in [5, 5.41) is 2.94. The topological polar surface area (TPSA) is 71.5 Å². The molecular weight excluding hydrogens is 354 g/mol. The third kappa shape index (κ3) is 4.50. The van der Waals surface area contributed by atoms with Gasteiger partial charge in [0.1, 0.15) is 11.2 Å². The third-order valence-corrected chi connectivity index (χ3v) is 5.30. The number of benzene rings is 1. The Morgan fingerprint density at radius 1 is 1.14 bits per heavy atom. The lowest BCUT2D eigenvalue weighted by Crippen LogP contribution is -2.44. The summed E-state index contributed by atoms with van der Waals surface area (Å²) in [6, 6.07) is 11.6. The Morgan fingerprint density at radius 2 is 1.86 bits per heavy atom. The number of likely N-dealkylation sites (N-methyl/N-ethyl adjacent to an activating group) is 1. The van der Waals surface area contributed by atoms with Gasteiger partial charge in [-0.3, -0.25) is 14.6 Å². The summed E-state index contributed by atoms with van der Waals surface area (Å²) < 4.78 is 5.34. The summed E-state index contributed by atoms with van der Waals surface area (Å²) in [6.07, 6.45) is 6.13. The van der Waals surface area contributed by atoms with E-state index in [2.05, 4.69) is 10.3 Å². The van der Waals surface area contributed by atoms with Crippen molar-refractivity contribution in [3.05, 3.63) is 59.9 Å². The molecule has 1 saturated carbocycles. The minimum absolute atomic E-state index is 0.0867. The first-order valence-corrected chi connectivity index (χ1v) is 9.61. The number of carbonyl (C=O) groups is 2. The number of amides is 2. The van der Waals surface area contributed by atoms with Gasteiger partial charge in [-0.2, -0.15) is 0 Å². The lowest BCUT2D eigenvalue weighted by molar-refractivity contribution is -0.143. The van der Waals surface area contributed by atoms with Crippen molar-refractivity contribution in [2.24, 2.45) is 5.41 Å². The van der Waals surface area contributed by atoms with Crippen molar-refractivity contribution in [2.75, 3.05) is 27.2 Å². The van der Waals surface area contributed by atoms with E-state index < -0.39 is 5.41 Å². The van der Waals surface area contributed by atoms with Crippen LogP contribution < -0.4 is 10.1 Å². The normalized spacial score (nSPS) is 14.2. The summed E-state index contributed by atoms with van der Waals surface area (Å²) in [5.41, 5.74) is 1.28. The molecule has 0 aliphatic heterocycles. The molecule has 1 aromatic carbocycles. The zero-order valence-electron chi connectivity index (χ0n) is 16.5. The van der Waals surface area contributed by atoms with E-state index in [0.29, 0.717) is 32.4 Å². The van der Waals surface area contributed by atoms with Crippen molar-refractivity contribution >= 4 is 11.8 Å². The average molecular weight is 381 g/mol. The van der Waals surface area contributed by atoms with Crippen LogP contribution in [-0.4, -0.2) is 48.9 Å². The van der Waals surface area contributed by atoms with Crippen molar-refractivity contribution in [1.29, 1.82) is 0 Å². The molecule has 0 bridgehead atoms. The molecule has 0 radical (unpaired) electrons. The quantitative estimate of drug-likeness (QED) is 0.676. The second-order valence-electron chi connectivity index (χ2n) is 7.23. The van der Waals surface area contributed by atoms with E-state index >= 15 is 0 Å². The lowest BCUT2D eigenvalue weighted by atomic mass is 10.0. The van der Waals surface area contributed by atoms with E-state index in [1.807, 2.05) is 36.4 Å². The van der Waals surface area contributed by atoms with Crippen LogP contribution in [0.3, 0.4) is 0 Å². The Labute approximate surface area is 165 Å². The van der Waals surface area contributed by atoms with Gasteiger partial charge in [0, 0.05) is 32.5 Å². The fourth-order valence-electron chi connectivity index (χ4n) is 3.37. The van der Waals surface area contributed by atoms with Crippen molar-refractivity contribution in [3.8, 4) is 5.75 Å². The van der Waals surface area contributed by atoms with E-state index in [0.717, 1.165) is 23.3 Å². The number of nitrogens with one attached hydrogen (secondary N) is 1. The van der Waals surface area contributed by atoms with Gasteiger partial charge in [0.2, 0.25) is 11.8 Å². The van der Waals surface area contributed by atoms with E-state index in [1.165, 1.54) is 0 Å². The molecule has 3 rings (SSSR count). The summed E-state index contributed by atoms with van der Waals surface area (Å²) in [5.74, 6) is 0.560. The van der Waals surface area contributed by atoms with Crippen LogP contribution >= 0.6 is 0 Å². The van der Waals surface area contributed by atoms with Gasteiger partial charge in [-0.15, -0.1) is 0 Å². The minimum atomic E-state index is -0.881. The number of hydrogen-bond donors (Lipinski definition) is 1. The number of pyridine rings is 1. The van der Waals surface area contributed by atoms with Crippen LogP contribution in [-0.2, 0) is 22.4 Å². The zero-order valence-corrected chi connectivity index (χ0v) is 16.5. The Kier molecular flexibility index (Phi) is 6.29. The smallest absolute Gasteiger partial charge is 0.238 e. The van der Waals surface area contributed by atoms with Crippen LogP contribution in [0.4, 0.5) is 0 Å². The number of methoxy groups -OCH3 is 1. The number of nitrogens with zero attached hydrogens (tertiary/aromatic N) is 2. The molecule has 0 saturated heterocycles. The molecule has 1 aliphatic carbocycles. The van der Waals surface area contributed by atoms with Gasteiger partial charge < -0.3 is 15.0 Å². The molecule has 1 N–H and O–H groups in total. The maximum atomic E-state index is 12.9. The number of ether oxygens (including phenoxy) is 1. The van der Waals surface area contributed by atoms with Gasteiger partial charge in [0.15, 0.2) is 0 Å². The summed E-state index contributed by atoms with van der Waals surface area (Å²) in [6.45, 7) is 1.06. The lowest BCUT2D eigenvalue weighted by Gasteiger charge is -2.23. The minimum Gasteiger partial charge on any atom is -0.496 e. The average Bonchev–Trinajstić information content (AvgIpc) is 3.54. The Balaban J connectivity index is 1.50. The largest absolute Gasteiger partial charge is 0.496 e. The molecular formula is C22H27N3O3. The summed E-state index contributed by atoms with van der Waals surface area (Å²) in [7, 11) is 3.41. The number of aromatic nitrogens is 1. The predicted octanol–water partition coefficient (Wildman–Crippen LogP) is 2.23.